The first-order chi connectivity index (χ1) is 16.1. The molecule has 1 amide bonds. The summed E-state index contributed by atoms with van der Waals surface area (Å²) in [5, 5.41) is 9.65. The fraction of sp³-hybridized carbons (Fsp3) is 0.250. The van der Waals surface area contributed by atoms with Crippen molar-refractivity contribution in [2.45, 2.75) is 26.1 Å². The Labute approximate surface area is 191 Å². The molecule has 0 unspecified atom stereocenters. The van der Waals surface area contributed by atoms with Crippen LogP contribution >= 0.6 is 0 Å². The SMILES string of the molecule is CCOc1c2c(c(OCC(F)(F)F)c3ccccc13)CN(c1ccc(CC(=O)O)cc1F)C2=O. The summed E-state index contributed by atoms with van der Waals surface area (Å²) in [5.41, 5.74) is 0.230. The van der Waals surface area contributed by atoms with Crippen molar-refractivity contribution < 1.29 is 41.7 Å². The number of aliphatic carboxylic acids is 1. The van der Waals surface area contributed by atoms with E-state index in [1.165, 1.54) is 12.1 Å². The van der Waals surface area contributed by atoms with Crippen LogP contribution in [0, 0.1) is 5.82 Å². The Hall–Kier alpha value is -3.82. The molecule has 0 saturated carbocycles. The Kier molecular flexibility index (Phi) is 6.07. The van der Waals surface area contributed by atoms with Gasteiger partial charge in [0.2, 0.25) is 0 Å². The minimum absolute atomic E-state index is 0.00624. The Morgan fingerprint density at radius 2 is 1.76 bits per heavy atom. The van der Waals surface area contributed by atoms with Gasteiger partial charge in [-0.05, 0) is 24.6 Å². The molecule has 34 heavy (non-hydrogen) atoms. The van der Waals surface area contributed by atoms with Crippen molar-refractivity contribution in [2.75, 3.05) is 18.1 Å². The van der Waals surface area contributed by atoms with Gasteiger partial charge in [0.1, 0.15) is 17.3 Å². The minimum Gasteiger partial charge on any atom is -0.492 e. The Morgan fingerprint density at radius 3 is 2.35 bits per heavy atom. The summed E-state index contributed by atoms with van der Waals surface area (Å²) in [6.07, 6.45) is -5.01. The number of halogens is 4. The van der Waals surface area contributed by atoms with E-state index in [0.717, 1.165) is 11.0 Å². The average molecular weight is 477 g/mol. The zero-order valence-electron chi connectivity index (χ0n) is 17.9. The van der Waals surface area contributed by atoms with Gasteiger partial charge in [-0.25, -0.2) is 4.39 Å². The molecule has 1 aliphatic heterocycles. The average Bonchev–Trinajstić information content (AvgIpc) is 3.09. The number of alkyl halides is 3. The van der Waals surface area contributed by atoms with Crippen LogP contribution in [0.4, 0.5) is 23.2 Å². The van der Waals surface area contributed by atoms with Crippen LogP contribution in [0.1, 0.15) is 28.4 Å². The first kappa shape index (κ1) is 23.3. The molecule has 178 valence electrons. The molecule has 0 fully saturated rings. The molecule has 1 aliphatic rings. The van der Waals surface area contributed by atoms with Crippen molar-refractivity contribution in [3.63, 3.8) is 0 Å². The lowest BCUT2D eigenvalue weighted by atomic mass is 9.99. The molecule has 1 N–H and O–H groups in total. The van der Waals surface area contributed by atoms with Crippen LogP contribution < -0.4 is 14.4 Å². The molecule has 4 rings (SSSR count). The maximum Gasteiger partial charge on any atom is 0.422 e. The lowest BCUT2D eigenvalue weighted by Crippen LogP contribution is -2.24. The zero-order valence-corrected chi connectivity index (χ0v) is 17.9. The fourth-order valence-electron chi connectivity index (χ4n) is 4.03. The molecular formula is C24H19F4NO5. The molecule has 1 heterocycles. The molecular weight excluding hydrogens is 458 g/mol. The van der Waals surface area contributed by atoms with Crippen LogP contribution in [-0.2, 0) is 17.8 Å². The molecule has 0 bridgehead atoms. The molecule has 0 radical (unpaired) electrons. The number of benzene rings is 3. The normalized spacial score (nSPS) is 13.3. The van der Waals surface area contributed by atoms with Gasteiger partial charge in [0.25, 0.3) is 5.91 Å². The summed E-state index contributed by atoms with van der Waals surface area (Å²) in [5.74, 6) is -2.57. The molecule has 3 aromatic rings. The van der Waals surface area contributed by atoms with Crippen LogP contribution in [0.5, 0.6) is 11.5 Å². The molecule has 6 nitrogen and oxygen atoms in total. The van der Waals surface area contributed by atoms with E-state index in [1.54, 1.807) is 31.2 Å². The molecule has 0 aromatic heterocycles. The van der Waals surface area contributed by atoms with Crippen molar-refractivity contribution in [3.05, 3.63) is 65.0 Å². The predicted octanol–water partition coefficient (Wildman–Crippen LogP) is 5.11. The van der Waals surface area contributed by atoms with Crippen molar-refractivity contribution >= 4 is 28.3 Å². The minimum atomic E-state index is -4.61. The molecule has 0 atom stereocenters. The van der Waals surface area contributed by atoms with Crippen LogP contribution in [0.25, 0.3) is 10.8 Å². The maximum absolute atomic E-state index is 14.9. The van der Waals surface area contributed by atoms with Gasteiger partial charge < -0.3 is 19.5 Å². The van der Waals surface area contributed by atoms with Crippen molar-refractivity contribution in [2.24, 2.45) is 0 Å². The third kappa shape index (κ3) is 4.35. The van der Waals surface area contributed by atoms with E-state index in [0.29, 0.717) is 10.8 Å². The number of carboxylic acid groups (broad SMARTS) is 1. The lowest BCUT2D eigenvalue weighted by Gasteiger charge is -2.18. The van der Waals surface area contributed by atoms with Crippen LogP contribution in [0.3, 0.4) is 0 Å². The smallest absolute Gasteiger partial charge is 0.422 e. The zero-order chi connectivity index (χ0) is 24.6. The Balaban J connectivity index is 1.86. The van der Waals surface area contributed by atoms with Crippen LogP contribution in [-0.4, -0.2) is 36.4 Å². The highest BCUT2D eigenvalue weighted by Gasteiger charge is 2.39. The molecule has 3 aromatic carbocycles. The van der Waals surface area contributed by atoms with Gasteiger partial charge in [0.05, 0.1) is 30.8 Å². The van der Waals surface area contributed by atoms with Crippen LogP contribution in [0.2, 0.25) is 0 Å². The van der Waals surface area contributed by atoms with E-state index in [9.17, 15) is 27.2 Å². The highest BCUT2D eigenvalue weighted by atomic mass is 19.4. The van der Waals surface area contributed by atoms with Gasteiger partial charge in [-0.1, -0.05) is 30.3 Å². The third-order valence-electron chi connectivity index (χ3n) is 5.32. The van der Waals surface area contributed by atoms with Gasteiger partial charge in [-0.15, -0.1) is 0 Å². The molecule has 0 saturated heterocycles. The fourth-order valence-corrected chi connectivity index (χ4v) is 4.03. The standard InChI is InChI=1S/C24H19F4NO5/c1-2-33-22-15-6-4-3-5-14(15)21(34-12-24(26,27)28)16-11-29(23(32)20(16)22)18-8-7-13(9-17(18)25)10-19(30)31/h3-9H,2,10-12H2,1H3,(H,30,31). The predicted molar refractivity (Wildman–Crippen MR) is 115 cm³/mol. The second-order valence-corrected chi connectivity index (χ2v) is 7.64. The number of amides is 1. The number of hydrogen-bond acceptors (Lipinski definition) is 4. The summed E-state index contributed by atoms with van der Waals surface area (Å²) in [7, 11) is 0. The highest BCUT2D eigenvalue weighted by Crippen LogP contribution is 2.46. The highest BCUT2D eigenvalue weighted by molar-refractivity contribution is 6.17. The number of nitrogens with zero attached hydrogens (tertiary/aromatic N) is 1. The lowest BCUT2D eigenvalue weighted by molar-refractivity contribution is -0.153. The number of hydrogen-bond donors (Lipinski definition) is 1. The van der Waals surface area contributed by atoms with E-state index in [-0.39, 0.29) is 47.0 Å². The van der Waals surface area contributed by atoms with Crippen molar-refractivity contribution in [1.29, 1.82) is 0 Å². The first-order valence-corrected chi connectivity index (χ1v) is 10.3. The largest absolute Gasteiger partial charge is 0.492 e. The number of anilines is 1. The summed E-state index contributed by atoms with van der Waals surface area (Å²) in [4.78, 5) is 25.4. The summed E-state index contributed by atoms with van der Waals surface area (Å²) >= 11 is 0. The van der Waals surface area contributed by atoms with Gasteiger partial charge >= 0.3 is 12.1 Å². The second-order valence-electron chi connectivity index (χ2n) is 7.64. The maximum atomic E-state index is 14.9. The first-order valence-electron chi connectivity index (χ1n) is 10.3. The Morgan fingerprint density at radius 1 is 1.09 bits per heavy atom. The number of ether oxygens (including phenoxy) is 2. The van der Waals surface area contributed by atoms with Gasteiger partial charge in [0.15, 0.2) is 6.61 Å². The number of carbonyl (C=O) groups excluding carboxylic acids is 1. The van der Waals surface area contributed by atoms with Gasteiger partial charge in [-0.3, -0.25) is 9.59 Å². The number of rotatable bonds is 7. The molecule has 0 aliphatic carbocycles. The van der Waals surface area contributed by atoms with E-state index < -0.39 is 36.9 Å². The Bertz CT molecular complexity index is 1290. The number of carboxylic acids is 1. The summed E-state index contributed by atoms with van der Waals surface area (Å²) in [6.45, 7) is 0.0727. The third-order valence-corrected chi connectivity index (χ3v) is 5.32. The molecule has 0 spiro atoms. The van der Waals surface area contributed by atoms with E-state index in [4.69, 9.17) is 14.6 Å². The van der Waals surface area contributed by atoms with E-state index in [1.807, 2.05) is 0 Å². The van der Waals surface area contributed by atoms with Crippen molar-refractivity contribution in [3.8, 4) is 11.5 Å². The monoisotopic (exact) mass is 477 g/mol. The summed E-state index contributed by atoms with van der Waals surface area (Å²) in [6, 6.07) is 10.1. The molecule has 10 heteroatoms. The van der Waals surface area contributed by atoms with Crippen molar-refractivity contribution in [1.82, 2.24) is 0 Å². The van der Waals surface area contributed by atoms with Crippen LogP contribution in [0.15, 0.2) is 42.5 Å². The number of fused-ring (bicyclic) bond motifs is 2. The van der Waals surface area contributed by atoms with E-state index in [2.05, 4.69) is 0 Å². The second kappa shape index (κ2) is 8.85. The topological polar surface area (TPSA) is 76.1 Å². The van der Waals surface area contributed by atoms with E-state index >= 15 is 0 Å². The quantitative estimate of drug-likeness (QED) is 0.479. The number of carbonyl (C=O) groups is 2. The van der Waals surface area contributed by atoms with Gasteiger partial charge in [-0.2, -0.15) is 13.2 Å². The van der Waals surface area contributed by atoms with Gasteiger partial charge in [0, 0.05) is 16.3 Å². The summed E-state index contributed by atoms with van der Waals surface area (Å²) < 4.78 is 64.7.